The van der Waals surface area contributed by atoms with Crippen molar-refractivity contribution >= 4 is 22.9 Å². The highest BCUT2D eigenvalue weighted by Gasteiger charge is 2.23. The van der Waals surface area contributed by atoms with E-state index in [1.165, 1.54) is 32.4 Å². The third-order valence-corrected chi connectivity index (χ3v) is 5.07. The Morgan fingerprint density at radius 3 is 2.63 bits per heavy atom. The number of carbonyl (C=O) groups is 1. The zero-order valence-electron chi connectivity index (χ0n) is 15.4. The van der Waals surface area contributed by atoms with Crippen LogP contribution < -0.4 is 15.4 Å². The molecule has 140 valence electrons. The van der Waals surface area contributed by atoms with E-state index in [0.29, 0.717) is 12.2 Å². The summed E-state index contributed by atoms with van der Waals surface area (Å²) in [6.45, 7) is 4.09. The Kier molecular flexibility index (Phi) is 5.39. The number of hydrogen-bond acceptors (Lipinski definition) is 4. The van der Waals surface area contributed by atoms with Gasteiger partial charge in [-0.15, -0.1) is 0 Å². The van der Waals surface area contributed by atoms with E-state index in [1.807, 2.05) is 48.5 Å². The molecule has 27 heavy (non-hydrogen) atoms. The van der Waals surface area contributed by atoms with Crippen molar-refractivity contribution in [3.05, 3.63) is 60.3 Å². The van der Waals surface area contributed by atoms with Crippen LogP contribution in [-0.2, 0) is 4.79 Å². The second-order valence-corrected chi connectivity index (χ2v) is 6.98. The summed E-state index contributed by atoms with van der Waals surface area (Å²) in [4.78, 5) is 14.6. The number of anilines is 2. The third kappa shape index (κ3) is 4.31. The molecule has 0 radical (unpaired) electrons. The Balaban J connectivity index is 1.31. The van der Waals surface area contributed by atoms with Crippen molar-refractivity contribution < 1.29 is 9.53 Å². The maximum atomic E-state index is 12.1. The lowest BCUT2D eigenvalue weighted by Crippen LogP contribution is -2.33. The van der Waals surface area contributed by atoms with Gasteiger partial charge < -0.3 is 15.4 Å². The minimum absolute atomic E-state index is 0.0821. The first kappa shape index (κ1) is 17.6. The summed E-state index contributed by atoms with van der Waals surface area (Å²) in [5, 5.41) is 6.08. The van der Waals surface area contributed by atoms with Gasteiger partial charge >= 0.3 is 0 Å². The number of piperidine rings is 1. The van der Waals surface area contributed by atoms with E-state index in [1.54, 1.807) is 6.20 Å². The predicted octanol–water partition coefficient (Wildman–Crippen LogP) is 3.96. The van der Waals surface area contributed by atoms with Crippen molar-refractivity contribution in [1.82, 2.24) is 4.90 Å². The second kappa shape index (κ2) is 8.27. The predicted molar refractivity (Wildman–Crippen MR) is 109 cm³/mol. The monoisotopic (exact) mass is 363 g/mol. The number of benzene rings is 2. The van der Waals surface area contributed by atoms with E-state index in [9.17, 15) is 4.79 Å². The molecule has 2 N–H and O–H groups in total. The number of nitrogens with one attached hydrogen (secondary N) is 2. The van der Waals surface area contributed by atoms with E-state index < -0.39 is 0 Å². The van der Waals surface area contributed by atoms with Crippen LogP contribution in [-0.4, -0.2) is 37.0 Å². The van der Waals surface area contributed by atoms with Crippen LogP contribution in [0.5, 0.6) is 5.75 Å². The number of nitrogens with zero attached hydrogens (tertiary/aromatic N) is 1. The minimum Gasteiger partial charge on any atom is -0.492 e. The summed E-state index contributed by atoms with van der Waals surface area (Å²) in [7, 11) is 0. The van der Waals surface area contributed by atoms with E-state index in [4.69, 9.17) is 4.74 Å². The van der Waals surface area contributed by atoms with Gasteiger partial charge in [0.05, 0.1) is 5.57 Å². The van der Waals surface area contributed by atoms with Crippen LogP contribution in [0.1, 0.15) is 24.8 Å². The molecule has 0 atom stereocenters. The van der Waals surface area contributed by atoms with Gasteiger partial charge in [-0.05, 0) is 56.3 Å². The topological polar surface area (TPSA) is 53.6 Å². The molecule has 5 heteroatoms. The summed E-state index contributed by atoms with van der Waals surface area (Å²) < 4.78 is 5.86. The van der Waals surface area contributed by atoms with E-state index >= 15 is 0 Å². The molecular formula is C22H25N3O2. The fourth-order valence-electron chi connectivity index (χ4n) is 3.56. The molecule has 4 rings (SSSR count). The Morgan fingerprint density at radius 2 is 1.81 bits per heavy atom. The molecule has 0 saturated carbocycles. The Hall–Kier alpha value is -2.79. The normalized spacial score (nSPS) is 18.2. The lowest BCUT2D eigenvalue weighted by Gasteiger charge is -2.26. The van der Waals surface area contributed by atoms with Gasteiger partial charge in [0, 0.05) is 29.7 Å². The van der Waals surface area contributed by atoms with Gasteiger partial charge in [0.2, 0.25) is 0 Å². The zero-order chi connectivity index (χ0) is 18.5. The van der Waals surface area contributed by atoms with Crippen molar-refractivity contribution in [1.29, 1.82) is 0 Å². The summed E-state index contributed by atoms with van der Waals surface area (Å²) in [5.74, 6) is 0.788. The molecule has 0 unspecified atom stereocenters. The minimum atomic E-state index is -0.0821. The molecule has 0 spiro atoms. The van der Waals surface area contributed by atoms with E-state index in [0.717, 1.165) is 29.2 Å². The van der Waals surface area contributed by atoms with Crippen LogP contribution in [0.3, 0.4) is 0 Å². The third-order valence-electron chi connectivity index (χ3n) is 5.07. The maximum Gasteiger partial charge on any atom is 0.257 e. The highest BCUT2D eigenvalue weighted by atomic mass is 16.5. The fraction of sp³-hybridized carbons (Fsp3) is 0.318. The molecule has 0 aliphatic carbocycles. The lowest BCUT2D eigenvalue weighted by atomic mass is 10.1. The molecule has 5 nitrogen and oxygen atoms in total. The number of likely N-dealkylation sites (tertiary alicyclic amines) is 1. The number of hydrogen-bond donors (Lipinski definition) is 2. The van der Waals surface area contributed by atoms with Gasteiger partial charge in [-0.25, -0.2) is 0 Å². The van der Waals surface area contributed by atoms with Crippen molar-refractivity contribution in [2.45, 2.75) is 19.3 Å². The number of rotatable bonds is 6. The van der Waals surface area contributed by atoms with Crippen LogP contribution in [0, 0.1) is 0 Å². The number of ether oxygens (including phenoxy) is 1. The summed E-state index contributed by atoms with van der Waals surface area (Å²) in [6, 6.07) is 15.5. The maximum absolute atomic E-state index is 12.1. The molecule has 0 aromatic heterocycles. The van der Waals surface area contributed by atoms with E-state index in [-0.39, 0.29) is 5.91 Å². The highest BCUT2D eigenvalue weighted by molar-refractivity contribution is 6.31. The average molecular weight is 363 g/mol. The van der Waals surface area contributed by atoms with Crippen molar-refractivity contribution in [2.24, 2.45) is 0 Å². The SMILES string of the molecule is O=C1Nc2ccccc2/C1=C\Nc1ccc(OCCN2CCCCC2)cc1. The summed E-state index contributed by atoms with van der Waals surface area (Å²) >= 11 is 0. The molecule has 1 fully saturated rings. The van der Waals surface area contributed by atoms with Crippen LogP contribution >= 0.6 is 0 Å². The Bertz CT molecular complexity index is 824. The molecule has 0 bridgehead atoms. The summed E-state index contributed by atoms with van der Waals surface area (Å²) in [6.07, 6.45) is 5.72. The number of amides is 1. The van der Waals surface area contributed by atoms with Gasteiger partial charge in [0.15, 0.2) is 0 Å². The highest BCUT2D eigenvalue weighted by Crippen LogP contribution is 2.31. The molecule has 2 heterocycles. The van der Waals surface area contributed by atoms with Gasteiger partial charge in [-0.1, -0.05) is 24.6 Å². The van der Waals surface area contributed by atoms with Crippen LogP contribution in [0.15, 0.2) is 54.7 Å². The van der Waals surface area contributed by atoms with Crippen molar-refractivity contribution in [3.63, 3.8) is 0 Å². The average Bonchev–Trinajstić information content (AvgIpc) is 3.03. The van der Waals surface area contributed by atoms with Gasteiger partial charge in [-0.3, -0.25) is 9.69 Å². The van der Waals surface area contributed by atoms with E-state index in [2.05, 4.69) is 15.5 Å². The number of fused-ring (bicyclic) bond motifs is 1. The first-order valence-electron chi connectivity index (χ1n) is 9.62. The largest absolute Gasteiger partial charge is 0.492 e. The lowest BCUT2D eigenvalue weighted by molar-refractivity contribution is -0.110. The number of carbonyl (C=O) groups excluding carboxylic acids is 1. The molecule has 1 amide bonds. The molecule has 2 aliphatic heterocycles. The smallest absolute Gasteiger partial charge is 0.257 e. The first-order chi connectivity index (χ1) is 13.3. The first-order valence-corrected chi connectivity index (χ1v) is 9.62. The molecule has 2 aromatic rings. The van der Waals surface area contributed by atoms with Crippen molar-refractivity contribution in [3.8, 4) is 5.75 Å². The zero-order valence-corrected chi connectivity index (χ0v) is 15.4. The van der Waals surface area contributed by atoms with Crippen LogP contribution in [0.25, 0.3) is 5.57 Å². The fourth-order valence-corrected chi connectivity index (χ4v) is 3.56. The van der Waals surface area contributed by atoms with Gasteiger partial charge in [0.1, 0.15) is 12.4 Å². The van der Waals surface area contributed by atoms with Crippen molar-refractivity contribution in [2.75, 3.05) is 36.9 Å². The second-order valence-electron chi connectivity index (χ2n) is 6.98. The quantitative estimate of drug-likeness (QED) is 0.763. The molecular weight excluding hydrogens is 338 g/mol. The number of para-hydroxylation sites is 1. The van der Waals surface area contributed by atoms with Gasteiger partial charge in [-0.2, -0.15) is 0 Å². The Labute approximate surface area is 160 Å². The van der Waals surface area contributed by atoms with Gasteiger partial charge in [0.25, 0.3) is 5.91 Å². The van der Waals surface area contributed by atoms with Crippen LogP contribution in [0.2, 0.25) is 0 Å². The summed E-state index contributed by atoms with van der Waals surface area (Å²) in [5.41, 5.74) is 3.34. The standard InChI is InChI=1S/C22H25N3O2/c26-22-20(19-6-2-3-7-21(19)24-22)16-23-17-8-10-18(11-9-17)27-15-14-25-12-4-1-5-13-25/h2-3,6-11,16,23H,1,4-5,12-15H2,(H,24,26)/b20-16+. The van der Waals surface area contributed by atoms with Crippen LogP contribution in [0.4, 0.5) is 11.4 Å². The molecule has 2 aliphatic rings. The molecule has 1 saturated heterocycles. The Morgan fingerprint density at radius 1 is 1.04 bits per heavy atom. The molecule has 2 aromatic carbocycles.